The van der Waals surface area contributed by atoms with Crippen molar-refractivity contribution in [1.82, 2.24) is 5.32 Å². The van der Waals surface area contributed by atoms with E-state index < -0.39 is 27.8 Å². The molecule has 0 saturated heterocycles. The second-order valence-electron chi connectivity index (χ2n) is 6.10. The molecule has 2 rings (SSSR count). The average molecular weight is 378 g/mol. The molecule has 0 saturated carbocycles. The highest BCUT2D eigenvalue weighted by Gasteiger charge is 2.32. The summed E-state index contributed by atoms with van der Waals surface area (Å²) in [6.45, 7) is 3.57. The Labute approximate surface area is 153 Å². The lowest BCUT2D eigenvalue weighted by Gasteiger charge is -2.31. The van der Waals surface area contributed by atoms with Gasteiger partial charge in [-0.25, -0.2) is 12.8 Å². The molecule has 1 amide bonds. The Hall–Kier alpha value is -2.41. The summed E-state index contributed by atoms with van der Waals surface area (Å²) < 4.78 is 38.9. The molecule has 140 valence electrons. The first-order chi connectivity index (χ1) is 12.2. The highest BCUT2D eigenvalue weighted by molar-refractivity contribution is 7.92. The van der Waals surface area contributed by atoms with E-state index in [1.807, 2.05) is 37.3 Å². The van der Waals surface area contributed by atoms with Crippen molar-refractivity contribution in [2.24, 2.45) is 0 Å². The highest BCUT2D eigenvalue weighted by atomic mass is 32.2. The van der Waals surface area contributed by atoms with Gasteiger partial charge in [-0.15, -0.1) is 0 Å². The molecule has 0 aromatic heterocycles. The summed E-state index contributed by atoms with van der Waals surface area (Å²) in [4.78, 5) is 12.8. The van der Waals surface area contributed by atoms with Crippen LogP contribution in [0, 0.1) is 5.82 Å². The number of halogens is 1. The zero-order valence-electron chi connectivity index (χ0n) is 15.0. The summed E-state index contributed by atoms with van der Waals surface area (Å²) >= 11 is 0. The molecule has 0 spiro atoms. The number of hydrogen-bond donors (Lipinski definition) is 1. The van der Waals surface area contributed by atoms with E-state index in [4.69, 9.17) is 0 Å². The van der Waals surface area contributed by atoms with E-state index >= 15 is 0 Å². The SMILES string of the molecule is CC[C@@H](C(=O)N[C@@H](C)c1ccccc1)N(c1ccc(F)cc1)S(C)(=O)=O. The van der Waals surface area contributed by atoms with Crippen molar-refractivity contribution in [3.8, 4) is 0 Å². The van der Waals surface area contributed by atoms with Gasteiger partial charge in [-0.2, -0.15) is 0 Å². The third-order valence-electron chi connectivity index (χ3n) is 4.07. The van der Waals surface area contributed by atoms with Gasteiger partial charge in [0, 0.05) is 0 Å². The maximum atomic E-state index is 13.2. The molecule has 0 aliphatic carbocycles. The lowest BCUT2D eigenvalue weighted by Crippen LogP contribution is -2.49. The van der Waals surface area contributed by atoms with Gasteiger partial charge in [-0.3, -0.25) is 9.10 Å². The number of hydrogen-bond acceptors (Lipinski definition) is 3. The molecule has 2 aromatic carbocycles. The van der Waals surface area contributed by atoms with Crippen molar-refractivity contribution < 1.29 is 17.6 Å². The van der Waals surface area contributed by atoms with Gasteiger partial charge in [0.2, 0.25) is 15.9 Å². The Bertz CT molecular complexity index is 839. The molecule has 2 aromatic rings. The molecule has 2 atom stereocenters. The number of sulfonamides is 1. The summed E-state index contributed by atoms with van der Waals surface area (Å²) in [6.07, 6.45) is 1.31. The largest absolute Gasteiger partial charge is 0.348 e. The van der Waals surface area contributed by atoms with Gasteiger partial charge in [-0.05, 0) is 43.2 Å². The van der Waals surface area contributed by atoms with Gasteiger partial charge in [0.1, 0.15) is 11.9 Å². The number of anilines is 1. The first kappa shape index (κ1) is 19.9. The van der Waals surface area contributed by atoms with Crippen LogP contribution >= 0.6 is 0 Å². The predicted octanol–water partition coefficient (Wildman–Crippen LogP) is 3.25. The molecule has 26 heavy (non-hydrogen) atoms. The van der Waals surface area contributed by atoms with Crippen molar-refractivity contribution in [3.05, 3.63) is 66.0 Å². The Morgan fingerprint density at radius 1 is 1.12 bits per heavy atom. The van der Waals surface area contributed by atoms with Gasteiger partial charge in [0.05, 0.1) is 18.0 Å². The first-order valence-electron chi connectivity index (χ1n) is 8.34. The molecule has 7 heteroatoms. The van der Waals surface area contributed by atoms with E-state index in [1.54, 1.807) is 6.92 Å². The van der Waals surface area contributed by atoms with E-state index in [0.29, 0.717) is 0 Å². The predicted molar refractivity (Wildman–Crippen MR) is 101 cm³/mol. The molecule has 0 bridgehead atoms. The minimum Gasteiger partial charge on any atom is -0.348 e. The summed E-state index contributed by atoms with van der Waals surface area (Å²) in [6, 6.07) is 13.3. The summed E-state index contributed by atoms with van der Waals surface area (Å²) in [7, 11) is -3.74. The van der Waals surface area contributed by atoms with Crippen LogP contribution in [0.2, 0.25) is 0 Å². The average Bonchev–Trinajstić information content (AvgIpc) is 2.60. The molecule has 1 N–H and O–H groups in total. The van der Waals surface area contributed by atoms with Crippen LogP contribution in [0.1, 0.15) is 31.9 Å². The Morgan fingerprint density at radius 2 is 1.69 bits per heavy atom. The molecule has 0 heterocycles. The second kappa shape index (κ2) is 8.31. The number of carbonyl (C=O) groups excluding carboxylic acids is 1. The lowest BCUT2D eigenvalue weighted by molar-refractivity contribution is -0.122. The monoisotopic (exact) mass is 378 g/mol. The van der Waals surface area contributed by atoms with Crippen molar-refractivity contribution in [1.29, 1.82) is 0 Å². The highest BCUT2D eigenvalue weighted by Crippen LogP contribution is 2.23. The third-order valence-corrected chi connectivity index (χ3v) is 5.25. The van der Waals surface area contributed by atoms with Crippen LogP contribution in [0.15, 0.2) is 54.6 Å². The zero-order valence-corrected chi connectivity index (χ0v) is 15.8. The van der Waals surface area contributed by atoms with Gasteiger partial charge in [0.25, 0.3) is 0 Å². The van der Waals surface area contributed by atoms with Crippen LogP contribution in [0.5, 0.6) is 0 Å². The smallest absolute Gasteiger partial charge is 0.244 e. The quantitative estimate of drug-likeness (QED) is 0.804. The number of amides is 1. The van der Waals surface area contributed by atoms with Gasteiger partial charge in [-0.1, -0.05) is 37.3 Å². The standard InChI is InChI=1S/C19H23FN2O3S/c1-4-18(19(23)21-14(2)15-8-6-5-7-9-15)22(26(3,24)25)17-12-10-16(20)11-13-17/h5-14,18H,4H2,1-3H3,(H,21,23)/t14-,18-/m0/s1. The fourth-order valence-corrected chi connectivity index (χ4v) is 3.99. The molecular weight excluding hydrogens is 355 g/mol. The van der Waals surface area contributed by atoms with Crippen LogP contribution in [0.4, 0.5) is 10.1 Å². The van der Waals surface area contributed by atoms with Crippen molar-refractivity contribution in [2.75, 3.05) is 10.6 Å². The summed E-state index contributed by atoms with van der Waals surface area (Å²) in [5.41, 5.74) is 1.17. The Balaban J connectivity index is 2.29. The molecule has 0 unspecified atom stereocenters. The normalized spacial score (nSPS) is 13.7. The molecule has 0 aliphatic heterocycles. The van der Waals surface area contributed by atoms with Crippen LogP contribution < -0.4 is 9.62 Å². The number of rotatable bonds is 7. The van der Waals surface area contributed by atoms with Gasteiger partial charge < -0.3 is 5.32 Å². The number of nitrogens with one attached hydrogen (secondary N) is 1. The number of benzene rings is 2. The Kier molecular flexibility index (Phi) is 6.37. The molecule has 0 aliphatic rings. The molecule has 0 fully saturated rings. The minimum atomic E-state index is -3.74. The van der Waals surface area contributed by atoms with Gasteiger partial charge in [0.15, 0.2) is 0 Å². The van der Waals surface area contributed by atoms with E-state index in [9.17, 15) is 17.6 Å². The fraction of sp³-hybridized carbons (Fsp3) is 0.316. The van der Waals surface area contributed by atoms with Crippen LogP contribution in [0.3, 0.4) is 0 Å². The lowest BCUT2D eigenvalue weighted by atomic mass is 10.1. The topological polar surface area (TPSA) is 66.5 Å². The van der Waals surface area contributed by atoms with Crippen LogP contribution in [-0.2, 0) is 14.8 Å². The second-order valence-corrected chi connectivity index (χ2v) is 7.96. The maximum absolute atomic E-state index is 13.2. The Morgan fingerprint density at radius 3 is 2.19 bits per heavy atom. The minimum absolute atomic E-state index is 0.253. The third kappa shape index (κ3) is 4.82. The van der Waals surface area contributed by atoms with E-state index in [1.165, 1.54) is 24.3 Å². The summed E-state index contributed by atoms with van der Waals surface area (Å²) in [5.74, 6) is -0.879. The van der Waals surface area contributed by atoms with E-state index in [0.717, 1.165) is 16.1 Å². The first-order valence-corrected chi connectivity index (χ1v) is 10.2. The van der Waals surface area contributed by atoms with Crippen LogP contribution in [0.25, 0.3) is 0 Å². The van der Waals surface area contributed by atoms with Crippen LogP contribution in [-0.4, -0.2) is 26.6 Å². The van der Waals surface area contributed by atoms with Crippen molar-refractivity contribution >= 4 is 21.6 Å². The zero-order chi connectivity index (χ0) is 19.3. The van der Waals surface area contributed by atoms with Crippen molar-refractivity contribution in [2.45, 2.75) is 32.4 Å². The summed E-state index contributed by atoms with van der Waals surface area (Å²) in [5, 5.41) is 2.86. The number of carbonyl (C=O) groups is 1. The number of nitrogens with zero attached hydrogens (tertiary/aromatic N) is 1. The van der Waals surface area contributed by atoms with E-state index in [2.05, 4.69) is 5.32 Å². The van der Waals surface area contributed by atoms with E-state index in [-0.39, 0.29) is 18.2 Å². The molecule has 0 radical (unpaired) electrons. The van der Waals surface area contributed by atoms with Gasteiger partial charge >= 0.3 is 0 Å². The maximum Gasteiger partial charge on any atom is 0.244 e. The molecular formula is C19H23FN2O3S. The molecule has 5 nitrogen and oxygen atoms in total. The van der Waals surface area contributed by atoms with Crippen molar-refractivity contribution in [3.63, 3.8) is 0 Å². The fourth-order valence-electron chi connectivity index (χ4n) is 2.78.